The predicted octanol–water partition coefficient (Wildman–Crippen LogP) is 5.95. The van der Waals surface area contributed by atoms with Crippen LogP contribution in [0.3, 0.4) is 0 Å². The maximum Gasteiger partial charge on any atom is 0.419 e. The normalized spacial score (nSPS) is 18.4. The van der Waals surface area contributed by atoms with Crippen molar-refractivity contribution in [2.24, 2.45) is 5.41 Å². The number of carbonyl (C=O) groups is 4. The highest BCUT2D eigenvalue weighted by molar-refractivity contribution is 6.06. The molecule has 0 N–H and O–H groups in total. The minimum absolute atomic E-state index is 0.0414. The fraction of sp³-hybridized carbons (Fsp3) is 0.459. The number of imide groups is 2. The molecule has 23 heteroatoms. The van der Waals surface area contributed by atoms with Crippen LogP contribution in [0.1, 0.15) is 57.0 Å². The number of rotatable bonds is 9. The third kappa shape index (κ3) is 9.15. The maximum atomic E-state index is 13.6. The van der Waals surface area contributed by atoms with Gasteiger partial charge in [-0.15, -0.1) is 0 Å². The van der Waals surface area contributed by atoms with Crippen molar-refractivity contribution in [2.75, 3.05) is 39.4 Å². The lowest BCUT2D eigenvalue weighted by atomic mass is 9.92. The number of likely N-dealkylation sites (tertiary alicyclic amines) is 1. The van der Waals surface area contributed by atoms with E-state index in [-0.39, 0.29) is 54.1 Å². The number of morpholine rings is 1. The van der Waals surface area contributed by atoms with Gasteiger partial charge in [0.1, 0.15) is 30.3 Å². The lowest BCUT2D eigenvalue weighted by molar-refractivity contribution is -0.142. The molecule has 0 aliphatic carbocycles. The van der Waals surface area contributed by atoms with Gasteiger partial charge in [0.2, 0.25) is 35.2 Å². The van der Waals surface area contributed by atoms with Gasteiger partial charge < -0.3 is 18.7 Å². The SMILES string of the molecule is CC1(C)C(=O)N(Cc2nc(-c3ccc(F)c(C(F)(F)F)c3)no2)C(=O)N1CCN1CCOCC1.CC1(C)CC(=O)N(Cc2nc(-c3ccc(F)c(C(F)(F)F)c3)no2)C1=O. The Labute approximate surface area is 335 Å². The van der Waals surface area contributed by atoms with Crippen LogP contribution in [0, 0.1) is 17.0 Å². The molecule has 0 unspecified atom stereocenters. The minimum atomic E-state index is -4.89. The van der Waals surface area contributed by atoms with Crippen molar-refractivity contribution in [1.29, 1.82) is 0 Å². The molecule has 5 heterocycles. The zero-order valence-corrected chi connectivity index (χ0v) is 32.3. The first-order valence-corrected chi connectivity index (χ1v) is 18.2. The molecule has 0 saturated carbocycles. The number of hydrogen-bond acceptors (Lipinski definition) is 12. The van der Waals surface area contributed by atoms with Crippen molar-refractivity contribution in [1.82, 2.24) is 39.9 Å². The molecule has 3 aliphatic heterocycles. The van der Waals surface area contributed by atoms with Gasteiger partial charge in [0, 0.05) is 43.7 Å². The van der Waals surface area contributed by atoms with Crippen LogP contribution in [-0.2, 0) is 44.6 Å². The van der Waals surface area contributed by atoms with Crippen molar-refractivity contribution < 1.29 is 68.1 Å². The zero-order chi connectivity index (χ0) is 43.9. The molecular formula is C37H36F8N8O7. The number of halogens is 8. The molecule has 322 valence electrons. The van der Waals surface area contributed by atoms with E-state index in [1.165, 1.54) is 4.90 Å². The van der Waals surface area contributed by atoms with Gasteiger partial charge in [-0.2, -0.15) is 36.3 Å². The summed E-state index contributed by atoms with van der Waals surface area (Å²) >= 11 is 0. The average Bonchev–Trinajstić information content (AvgIpc) is 3.92. The highest BCUT2D eigenvalue weighted by atomic mass is 19.4. The topological polar surface area (TPSA) is 168 Å². The second kappa shape index (κ2) is 16.3. The average molecular weight is 857 g/mol. The van der Waals surface area contributed by atoms with E-state index >= 15 is 0 Å². The van der Waals surface area contributed by atoms with E-state index < -0.39 is 69.8 Å². The number of ether oxygens (including phenoxy) is 1. The quantitative estimate of drug-likeness (QED) is 0.110. The summed E-state index contributed by atoms with van der Waals surface area (Å²) in [5, 5.41) is 7.17. The summed E-state index contributed by atoms with van der Waals surface area (Å²) in [5.41, 5.74) is -5.06. The Morgan fingerprint density at radius 3 is 1.62 bits per heavy atom. The molecule has 0 radical (unpaired) electrons. The van der Waals surface area contributed by atoms with Gasteiger partial charge in [0.25, 0.3) is 5.91 Å². The Bertz CT molecular complexity index is 2280. The van der Waals surface area contributed by atoms with E-state index in [9.17, 15) is 54.3 Å². The highest BCUT2D eigenvalue weighted by Crippen LogP contribution is 2.36. The number of benzene rings is 2. The molecule has 2 aromatic heterocycles. The Morgan fingerprint density at radius 1 is 0.683 bits per heavy atom. The number of amides is 5. The molecule has 4 aromatic rings. The van der Waals surface area contributed by atoms with Crippen LogP contribution in [0.25, 0.3) is 22.8 Å². The standard InChI is InChI=1S/C21H23F4N5O4.C16H13F4N3O3/c1-20(2)18(31)29(19(32)30(20)6-5-28-7-9-33-10-8-28)12-16-26-17(27-34-16)13-3-4-15(22)14(11-13)21(23,24)25;1-15(2)6-12(24)23(14(15)25)7-11-21-13(22-26-11)8-3-4-10(17)9(5-8)16(18,19)20/h3-4,11H,5-10,12H2,1-2H3;3-5H,6-7H2,1-2H3. The summed E-state index contributed by atoms with van der Waals surface area (Å²) in [5.74, 6) is -4.78. The lowest BCUT2D eigenvalue weighted by Crippen LogP contribution is -2.48. The molecule has 60 heavy (non-hydrogen) atoms. The molecule has 3 aliphatic rings. The van der Waals surface area contributed by atoms with E-state index in [4.69, 9.17) is 13.8 Å². The van der Waals surface area contributed by atoms with Crippen LogP contribution in [0.2, 0.25) is 0 Å². The number of hydrogen-bond donors (Lipinski definition) is 0. The number of nitrogens with zero attached hydrogens (tertiary/aromatic N) is 8. The first-order valence-electron chi connectivity index (χ1n) is 18.2. The fourth-order valence-electron chi connectivity index (χ4n) is 6.59. The van der Waals surface area contributed by atoms with E-state index in [0.29, 0.717) is 50.6 Å². The summed E-state index contributed by atoms with van der Waals surface area (Å²) in [6.45, 7) is 9.54. The first kappa shape index (κ1) is 43.7. The van der Waals surface area contributed by atoms with Crippen molar-refractivity contribution in [3.8, 4) is 22.8 Å². The number of carbonyl (C=O) groups excluding carboxylic acids is 4. The molecule has 0 spiro atoms. The molecule has 15 nitrogen and oxygen atoms in total. The molecule has 7 rings (SSSR count). The van der Waals surface area contributed by atoms with Crippen LogP contribution < -0.4 is 0 Å². The van der Waals surface area contributed by atoms with Gasteiger partial charge in [-0.3, -0.25) is 29.1 Å². The highest BCUT2D eigenvalue weighted by Gasteiger charge is 2.51. The number of urea groups is 1. The monoisotopic (exact) mass is 856 g/mol. The molecular weight excluding hydrogens is 820 g/mol. The van der Waals surface area contributed by atoms with Gasteiger partial charge in [0.15, 0.2) is 0 Å². The fourth-order valence-corrected chi connectivity index (χ4v) is 6.59. The Hall–Kier alpha value is -5.84. The van der Waals surface area contributed by atoms with E-state index in [1.807, 2.05) is 0 Å². The molecule has 0 bridgehead atoms. The Kier molecular flexibility index (Phi) is 11.9. The molecule has 3 saturated heterocycles. The second-order valence-corrected chi connectivity index (χ2v) is 15.1. The summed E-state index contributed by atoms with van der Waals surface area (Å²) in [4.78, 5) is 63.5. The summed E-state index contributed by atoms with van der Waals surface area (Å²) in [6.07, 6.45) is -9.72. The van der Waals surface area contributed by atoms with Gasteiger partial charge in [-0.05, 0) is 50.2 Å². The summed E-state index contributed by atoms with van der Waals surface area (Å²) < 4.78 is 120. The van der Waals surface area contributed by atoms with Crippen LogP contribution in [-0.4, -0.2) is 109 Å². The van der Waals surface area contributed by atoms with Crippen LogP contribution in [0.5, 0.6) is 0 Å². The molecule has 2 aromatic carbocycles. The predicted molar refractivity (Wildman–Crippen MR) is 187 cm³/mol. The van der Waals surface area contributed by atoms with Gasteiger partial charge in [0.05, 0.1) is 29.8 Å². The summed E-state index contributed by atoms with van der Waals surface area (Å²) in [6, 6.07) is 4.10. The van der Waals surface area contributed by atoms with Crippen LogP contribution in [0.4, 0.5) is 39.9 Å². The van der Waals surface area contributed by atoms with Crippen molar-refractivity contribution in [2.45, 2.75) is 65.1 Å². The Balaban J connectivity index is 0.000000209. The molecule has 3 fully saturated rings. The van der Waals surface area contributed by atoms with Crippen LogP contribution in [0.15, 0.2) is 45.4 Å². The van der Waals surface area contributed by atoms with Crippen molar-refractivity contribution >= 4 is 23.8 Å². The first-order chi connectivity index (χ1) is 28.0. The number of alkyl halides is 6. The summed E-state index contributed by atoms with van der Waals surface area (Å²) in [7, 11) is 0. The number of aromatic nitrogens is 4. The smallest absolute Gasteiger partial charge is 0.379 e. The van der Waals surface area contributed by atoms with E-state index in [0.717, 1.165) is 35.0 Å². The van der Waals surface area contributed by atoms with Crippen molar-refractivity contribution in [3.05, 3.63) is 70.9 Å². The van der Waals surface area contributed by atoms with Gasteiger partial charge >= 0.3 is 18.4 Å². The zero-order valence-electron chi connectivity index (χ0n) is 32.3. The minimum Gasteiger partial charge on any atom is -0.379 e. The Morgan fingerprint density at radius 2 is 1.17 bits per heavy atom. The largest absolute Gasteiger partial charge is 0.419 e. The van der Waals surface area contributed by atoms with Crippen molar-refractivity contribution in [3.63, 3.8) is 0 Å². The molecule has 5 amide bonds. The lowest BCUT2D eigenvalue weighted by Gasteiger charge is -2.32. The van der Waals surface area contributed by atoms with Crippen LogP contribution >= 0.6 is 0 Å². The van der Waals surface area contributed by atoms with E-state index in [2.05, 4.69) is 25.2 Å². The third-order valence-corrected chi connectivity index (χ3v) is 9.95. The molecule has 0 atom stereocenters. The van der Waals surface area contributed by atoms with Gasteiger partial charge in [-0.25, -0.2) is 13.6 Å². The van der Waals surface area contributed by atoms with E-state index in [1.54, 1.807) is 27.7 Å². The third-order valence-electron chi connectivity index (χ3n) is 9.95. The maximum absolute atomic E-state index is 13.6. The second-order valence-electron chi connectivity index (χ2n) is 15.1. The van der Waals surface area contributed by atoms with Gasteiger partial charge in [-0.1, -0.05) is 24.2 Å².